The lowest BCUT2D eigenvalue weighted by Crippen LogP contribution is -2.15. The smallest absolute Gasteiger partial charge is 0.359 e. The molecule has 0 saturated carbocycles. The van der Waals surface area contributed by atoms with Crippen molar-refractivity contribution in [1.29, 1.82) is 0 Å². The number of pyridine rings is 1. The number of hydrogen-bond acceptors (Lipinski definition) is 4. The lowest BCUT2D eigenvalue weighted by molar-refractivity contribution is 0.0372. The summed E-state index contributed by atoms with van der Waals surface area (Å²) in [7, 11) is 0. The SMILES string of the molecule is CC(C)OC(=O)c1ncc2ccccc2c1N. The van der Waals surface area contributed by atoms with Gasteiger partial charge in [0.05, 0.1) is 11.8 Å². The van der Waals surface area contributed by atoms with Crippen molar-refractivity contribution in [2.24, 2.45) is 0 Å². The first-order valence-corrected chi connectivity index (χ1v) is 5.44. The molecule has 0 radical (unpaired) electrons. The average Bonchev–Trinajstić information content (AvgIpc) is 2.28. The van der Waals surface area contributed by atoms with E-state index in [1.54, 1.807) is 20.0 Å². The standard InChI is InChI=1S/C13H14N2O2/c1-8(2)17-13(16)12-11(14)10-6-4-3-5-9(10)7-15-12/h3-8H,14H2,1-2H3. The van der Waals surface area contributed by atoms with E-state index in [9.17, 15) is 4.79 Å². The molecule has 0 aliphatic rings. The van der Waals surface area contributed by atoms with Gasteiger partial charge in [-0.25, -0.2) is 9.78 Å². The van der Waals surface area contributed by atoms with Crippen molar-refractivity contribution in [3.8, 4) is 0 Å². The molecule has 4 nitrogen and oxygen atoms in total. The number of aromatic nitrogens is 1. The van der Waals surface area contributed by atoms with Crippen LogP contribution in [0.1, 0.15) is 24.3 Å². The number of hydrogen-bond donors (Lipinski definition) is 1. The number of ether oxygens (including phenoxy) is 1. The van der Waals surface area contributed by atoms with Crippen LogP contribution in [0.15, 0.2) is 30.5 Å². The number of fused-ring (bicyclic) bond motifs is 1. The van der Waals surface area contributed by atoms with Gasteiger partial charge in [-0.05, 0) is 13.8 Å². The first kappa shape index (κ1) is 11.4. The van der Waals surface area contributed by atoms with Crippen LogP contribution in [0, 0.1) is 0 Å². The number of nitrogens with two attached hydrogens (primary N) is 1. The van der Waals surface area contributed by atoms with Gasteiger partial charge in [-0.1, -0.05) is 24.3 Å². The summed E-state index contributed by atoms with van der Waals surface area (Å²) in [5, 5.41) is 1.73. The van der Waals surface area contributed by atoms with Crippen molar-refractivity contribution < 1.29 is 9.53 Å². The molecule has 0 bridgehead atoms. The minimum Gasteiger partial charge on any atom is -0.458 e. The lowest BCUT2D eigenvalue weighted by atomic mass is 10.1. The summed E-state index contributed by atoms with van der Waals surface area (Å²) >= 11 is 0. The van der Waals surface area contributed by atoms with Gasteiger partial charge < -0.3 is 10.5 Å². The molecule has 2 aromatic rings. The van der Waals surface area contributed by atoms with Crippen LogP contribution in [0.4, 0.5) is 5.69 Å². The van der Waals surface area contributed by atoms with Crippen LogP contribution in [-0.2, 0) is 4.74 Å². The van der Waals surface area contributed by atoms with E-state index in [1.165, 1.54) is 0 Å². The number of benzene rings is 1. The molecule has 0 spiro atoms. The molecule has 0 atom stereocenters. The Bertz CT molecular complexity index is 564. The van der Waals surface area contributed by atoms with Gasteiger partial charge in [0.2, 0.25) is 0 Å². The fraction of sp³-hybridized carbons (Fsp3) is 0.231. The van der Waals surface area contributed by atoms with E-state index in [-0.39, 0.29) is 11.8 Å². The Hall–Kier alpha value is -2.10. The summed E-state index contributed by atoms with van der Waals surface area (Å²) in [6.07, 6.45) is 1.44. The Labute approximate surface area is 99.4 Å². The number of anilines is 1. The predicted molar refractivity (Wildman–Crippen MR) is 66.7 cm³/mol. The lowest BCUT2D eigenvalue weighted by Gasteiger charge is -2.10. The number of rotatable bonds is 2. The highest BCUT2D eigenvalue weighted by Gasteiger charge is 2.16. The van der Waals surface area contributed by atoms with E-state index in [0.717, 1.165) is 10.8 Å². The Morgan fingerprint density at radius 2 is 2.06 bits per heavy atom. The second-order valence-corrected chi connectivity index (χ2v) is 4.06. The maximum Gasteiger partial charge on any atom is 0.359 e. The second-order valence-electron chi connectivity index (χ2n) is 4.06. The van der Waals surface area contributed by atoms with Crippen LogP contribution in [-0.4, -0.2) is 17.1 Å². The van der Waals surface area contributed by atoms with Gasteiger partial charge in [0, 0.05) is 17.0 Å². The van der Waals surface area contributed by atoms with Crippen LogP contribution >= 0.6 is 0 Å². The highest BCUT2D eigenvalue weighted by molar-refractivity contribution is 6.03. The number of esters is 1. The molecule has 0 fully saturated rings. The monoisotopic (exact) mass is 230 g/mol. The molecule has 0 aliphatic carbocycles. The van der Waals surface area contributed by atoms with Crippen LogP contribution < -0.4 is 5.73 Å². The molecule has 1 aromatic carbocycles. The number of nitrogens with zero attached hydrogens (tertiary/aromatic N) is 1. The number of carbonyl (C=O) groups excluding carboxylic acids is 1. The van der Waals surface area contributed by atoms with E-state index < -0.39 is 5.97 Å². The van der Waals surface area contributed by atoms with Gasteiger partial charge in [-0.3, -0.25) is 0 Å². The van der Waals surface area contributed by atoms with Crippen molar-refractivity contribution in [1.82, 2.24) is 4.98 Å². The second kappa shape index (κ2) is 4.41. The molecule has 0 unspecified atom stereocenters. The van der Waals surface area contributed by atoms with Gasteiger partial charge in [0.25, 0.3) is 0 Å². The number of carbonyl (C=O) groups is 1. The van der Waals surface area contributed by atoms with Gasteiger partial charge in [0.1, 0.15) is 0 Å². The van der Waals surface area contributed by atoms with E-state index >= 15 is 0 Å². The van der Waals surface area contributed by atoms with E-state index in [0.29, 0.717) is 5.69 Å². The Morgan fingerprint density at radius 3 is 2.76 bits per heavy atom. The van der Waals surface area contributed by atoms with Crippen molar-refractivity contribution in [3.05, 3.63) is 36.2 Å². The minimum atomic E-state index is -0.483. The molecule has 0 saturated heterocycles. The quantitative estimate of drug-likeness (QED) is 0.804. The largest absolute Gasteiger partial charge is 0.458 e. The molecular formula is C13H14N2O2. The first-order valence-electron chi connectivity index (χ1n) is 5.44. The zero-order valence-corrected chi connectivity index (χ0v) is 9.81. The summed E-state index contributed by atoms with van der Waals surface area (Å²) in [4.78, 5) is 15.8. The van der Waals surface area contributed by atoms with Crippen molar-refractivity contribution in [2.75, 3.05) is 5.73 Å². The molecule has 1 heterocycles. The molecule has 0 amide bonds. The van der Waals surface area contributed by atoms with Gasteiger partial charge in [-0.15, -0.1) is 0 Å². The Kier molecular flexibility index (Phi) is 2.95. The minimum absolute atomic E-state index is 0.178. The molecule has 0 aliphatic heterocycles. The molecule has 88 valence electrons. The molecule has 2 rings (SSSR count). The van der Waals surface area contributed by atoms with Crippen molar-refractivity contribution in [3.63, 3.8) is 0 Å². The van der Waals surface area contributed by atoms with Crippen LogP contribution in [0.5, 0.6) is 0 Å². The van der Waals surface area contributed by atoms with Crippen molar-refractivity contribution in [2.45, 2.75) is 20.0 Å². The maximum absolute atomic E-state index is 11.8. The van der Waals surface area contributed by atoms with Gasteiger partial charge in [0.15, 0.2) is 5.69 Å². The van der Waals surface area contributed by atoms with Crippen LogP contribution in [0.25, 0.3) is 10.8 Å². The van der Waals surface area contributed by atoms with E-state index in [1.807, 2.05) is 24.3 Å². The zero-order valence-electron chi connectivity index (χ0n) is 9.81. The highest BCUT2D eigenvalue weighted by atomic mass is 16.5. The normalized spacial score (nSPS) is 10.8. The summed E-state index contributed by atoms with van der Waals surface area (Å²) in [5.41, 5.74) is 6.48. The third-order valence-electron chi connectivity index (χ3n) is 2.37. The topological polar surface area (TPSA) is 65.2 Å². The predicted octanol–water partition coefficient (Wildman–Crippen LogP) is 2.38. The molecule has 4 heteroatoms. The summed E-state index contributed by atoms with van der Waals surface area (Å²) in [5.74, 6) is -0.483. The Morgan fingerprint density at radius 1 is 1.35 bits per heavy atom. The number of nitrogen functional groups attached to an aromatic ring is 1. The molecule has 17 heavy (non-hydrogen) atoms. The van der Waals surface area contributed by atoms with E-state index in [4.69, 9.17) is 10.5 Å². The third kappa shape index (κ3) is 2.20. The van der Waals surface area contributed by atoms with Crippen LogP contribution in [0.2, 0.25) is 0 Å². The third-order valence-corrected chi connectivity index (χ3v) is 2.37. The van der Waals surface area contributed by atoms with Crippen molar-refractivity contribution >= 4 is 22.4 Å². The fourth-order valence-electron chi connectivity index (χ4n) is 1.62. The molecular weight excluding hydrogens is 216 g/mol. The molecule has 1 aromatic heterocycles. The maximum atomic E-state index is 11.8. The Balaban J connectivity index is 2.49. The van der Waals surface area contributed by atoms with Gasteiger partial charge in [-0.2, -0.15) is 0 Å². The first-order chi connectivity index (χ1) is 8.09. The zero-order chi connectivity index (χ0) is 12.4. The summed E-state index contributed by atoms with van der Waals surface area (Å²) in [6, 6.07) is 7.53. The summed E-state index contributed by atoms with van der Waals surface area (Å²) < 4.78 is 5.08. The summed E-state index contributed by atoms with van der Waals surface area (Å²) in [6.45, 7) is 3.57. The van der Waals surface area contributed by atoms with Crippen LogP contribution in [0.3, 0.4) is 0 Å². The highest BCUT2D eigenvalue weighted by Crippen LogP contribution is 2.23. The van der Waals surface area contributed by atoms with Gasteiger partial charge >= 0.3 is 5.97 Å². The van der Waals surface area contributed by atoms with E-state index in [2.05, 4.69) is 4.98 Å². The average molecular weight is 230 g/mol. The fourth-order valence-corrected chi connectivity index (χ4v) is 1.62. The molecule has 2 N–H and O–H groups in total.